The second-order valence-electron chi connectivity index (χ2n) is 9.48. The maximum atomic E-state index is 10.1. The first-order valence-corrected chi connectivity index (χ1v) is 13.4. The zero-order valence-electron chi connectivity index (χ0n) is 21.8. The second-order valence-corrected chi connectivity index (χ2v) is 9.48. The molecule has 0 radical (unpaired) electrons. The van der Waals surface area contributed by atoms with Crippen LogP contribution in [0.5, 0.6) is 5.75 Å². The van der Waals surface area contributed by atoms with E-state index in [4.69, 9.17) is 4.98 Å². The molecule has 0 aliphatic rings. The van der Waals surface area contributed by atoms with Crippen molar-refractivity contribution in [2.45, 2.75) is 91.5 Å². The minimum absolute atomic E-state index is 0.155. The highest BCUT2D eigenvalue weighted by atomic mass is 16.3. The molecule has 3 rings (SSSR count). The lowest BCUT2D eigenvalue weighted by molar-refractivity contribution is 0.165. The van der Waals surface area contributed by atoms with Crippen molar-refractivity contribution in [2.24, 2.45) is 0 Å². The Hall–Kier alpha value is -2.63. The molecule has 3 aromatic rings. The molecule has 0 bridgehead atoms. The van der Waals surface area contributed by atoms with E-state index in [9.17, 15) is 10.2 Å². The van der Waals surface area contributed by atoms with E-state index in [1.54, 1.807) is 6.07 Å². The molecule has 0 fully saturated rings. The van der Waals surface area contributed by atoms with E-state index in [-0.39, 0.29) is 18.4 Å². The summed E-state index contributed by atoms with van der Waals surface area (Å²) in [5.74, 6) is 1.21. The number of imidazole rings is 1. The van der Waals surface area contributed by atoms with Gasteiger partial charge in [-0.05, 0) is 43.5 Å². The maximum absolute atomic E-state index is 10.1. The summed E-state index contributed by atoms with van der Waals surface area (Å²) in [6, 6.07) is 16.4. The zero-order valence-corrected chi connectivity index (χ0v) is 21.8. The number of aromatic hydroxyl groups is 1. The van der Waals surface area contributed by atoms with Crippen molar-refractivity contribution < 1.29 is 10.2 Å². The Kier molecular flexibility index (Phi) is 10.8. The third kappa shape index (κ3) is 7.18. The molecule has 0 spiro atoms. The molecule has 0 saturated carbocycles. The molecule has 1 heterocycles. The van der Waals surface area contributed by atoms with Gasteiger partial charge >= 0.3 is 0 Å². The zero-order chi connectivity index (χ0) is 25.0. The Morgan fingerprint density at radius 2 is 1.69 bits per heavy atom. The van der Waals surface area contributed by atoms with Crippen molar-refractivity contribution in [3.05, 3.63) is 71.5 Å². The summed E-state index contributed by atoms with van der Waals surface area (Å²) in [4.78, 5) is 7.53. The molecule has 1 atom stereocenters. The lowest BCUT2D eigenvalue weighted by Gasteiger charge is -2.33. The molecule has 1 aromatic heterocycles. The molecule has 5 heteroatoms. The van der Waals surface area contributed by atoms with Gasteiger partial charge in [-0.1, -0.05) is 82.9 Å². The number of phenols is 1. The number of hydrogen-bond acceptors (Lipinski definition) is 4. The topological polar surface area (TPSA) is 61.5 Å². The van der Waals surface area contributed by atoms with E-state index in [1.807, 2.05) is 12.1 Å². The molecule has 0 amide bonds. The van der Waals surface area contributed by atoms with Gasteiger partial charge in [0.2, 0.25) is 0 Å². The molecule has 0 saturated heterocycles. The number of aliphatic hydroxyl groups excluding tert-OH is 1. The van der Waals surface area contributed by atoms with Crippen LogP contribution in [0.1, 0.15) is 88.6 Å². The molecular formula is C30H43N3O2. The molecule has 1 unspecified atom stereocenters. The highest BCUT2D eigenvalue weighted by Crippen LogP contribution is 2.33. The summed E-state index contributed by atoms with van der Waals surface area (Å²) in [5, 5.41) is 19.7. The summed E-state index contributed by atoms with van der Waals surface area (Å²) in [5.41, 5.74) is 4.16. The molecule has 0 aliphatic heterocycles. The van der Waals surface area contributed by atoms with Crippen molar-refractivity contribution in [1.82, 2.24) is 14.5 Å². The first kappa shape index (κ1) is 27.0. The molecule has 2 N–H and O–H groups in total. The first-order valence-electron chi connectivity index (χ1n) is 13.4. The number of aromatic nitrogens is 2. The minimum atomic E-state index is -0.155. The summed E-state index contributed by atoms with van der Waals surface area (Å²) < 4.78 is 2.45. The van der Waals surface area contributed by atoms with Gasteiger partial charge in [-0.25, -0.2) is 4.98 Å². The van der Waals surface area contributed by atoms with Crippen molar-refractivity contribution in [3.8, 4) is 17.1 Å². The average Bonchev–Trinajstić information content (AvgIpc) is 3.31. The molecular weight excluding hydrogens is 434 g/mol. The van der Waals surface area contributed by atoms with Crippen molar-refractivity contribution in [3.63, 3.8) is 0 Å². The van der Waals surface area contributed by atoms with Gasteiger partial charge in [0, 0.05) is 24.2 Å². The fraction of sp³-hybridized carbons (Fsp3) is 0.500. The van der Waals surface area contributed by atoms with Crippen LogP contribution in [0.15, 0.2) is 54.7 Å². The van der Waals surface area contributed by atoms with Crippen molar-refractivity contribution in [1.29, 1.82) is 0 Å². The lowest BCUT2D eigenvalue weighted by atomic mass is 10.0. The van der Waals surface area contributed by atoms with E-state index in [1.165, 1.54) is 5.69 Å². The Labute approximate surface area is 211 Å². The number of nitrogens with zero attached hydrogens (tertiary/aromatic N) is 3. The molecule has 5 nitrogen and oxygen atoms in total. The third-order valence-corrected chi connectivity index (χ3v) is 6.77. The highest BCUT2D eigenvalue weighted by Gasteiger charge is 2.25. The van der Waals surface area contributed by atoms with E-state index >= 15 is 0 Å². The monoisotopic (exact) mass is 477 g/mol. The fourth-order valence-corrected chi connectivity index (χ4v) is 4.74. The van der Waals surface area contributed by atoms with Gasteiger partial charge in [0.05, 0.1) is 24.5 Å². The van der Waals surface area contributed by atoms with Crippen molar-refractivity contribution >= 4 is 0 Å². The Balaban J connectivity index is 2.03. The highest BCUT2D eigenvalue weighted by molar-refractivity contribution is 5.56. The van der Waals surface area contributed by atoms with Crippen LogP contribution in [0.25, 0.3) is 11.4 Å². The van der Waals surface area contributed by atoms with E-state index in [2.05, 4.69) is 66.8 Å². The number of benzene rings is 2. The standard InChI is InChI=1S/C30H43N3O2/c1-4-7-15-27(32(18-8-5-2)22-24-16-17-29(35)26(20-24)23-34)28-21-31-30(33(28)19-9-6-3)25-13-11-10-12-14-25/h10-14,16-17,20-21,27,34-35H,4-9,15,18-19,22-23H2,1-3H3. The van der Waals surface area contributed by atoms with Gasteiger partial charge in [0.15, 0.2) is 0 Å². The van der Waals surface area contributed by atoms with Crippen LogP contribution in [0.4, 0.5) is 0 Å². The number of unbranched alkanes of at least 4 members (excludes halogenated alkanes) is 3. The Morgan fingerprint density at radius 3 is 2.37 bits per heavy atom. The normalized spacial score (nSPS) is 12.4. The van der Waals surface area contributed by atoms with Crippen LogP contribution in [0, 0.1) is 0 Å². The van der Waals surface area contributed by atoms with Crippen LogP contribution in [0.2, 0.25) is 0 Å². The van der Waals surface area contributed by atoms with Crippen LogP contribution < -0.4 is 0 Å². The van der Waals surface area contributed by atoms with E-state index in [0.29, 0.717) is 5.56 Å². The largest absolute Gasteiger partial charge is 0.508 e. The predicted octanol–water partition coefficient (Wildman–Crippen LogP) is 7.08. The summed E-state index contributed by atoms with van der Waals surface area (Å²) >= 11 is 0. The van der Waals surface area contributed by atoms with Gasteiger partial charge in [-0.3, -0.25) is 4.90 Å². The average molecular weight is 478 g/mol. The quantitative estimate of drug-likeness (QED) is 0.245. The second kappa shape index (κ2) is 14.1. The summed E-state index contributed by atoms with van der Waals surface area (Å²) in [6.07, 6.45) is 10.0. The molecule has 0 aliphatic carbocycles. The Morgan fingerprint density at radius 1 is 0.943 bits per heavy atom. The van der Waals surface area contributed by atoms with Crippen LogP contribution in [-0.2, 0) is 19.7 Å². The van der Waals surface area contributed by atoms with Crippen LogP contribution >= 0.6 is 0 Å². The van der Waals surface area contributed by atoms with Gasteiger partial charge in [0.1, 0.15) is 11.6 Å². The number of rotatable bonds is 15. The summed E-state index contributed by atoms with van der Waals surface area (Å²) in [7, 11) is 0. The third-order valence-electron chi connectivity index (χ3n) is 6.77. The van der Waals surface area contributed by atoms with Gasteiger partial charge in [-0.15, -0.1) is 0 Å². The minimum Gasteiger partial charge on any atom is -0.508 e. The molecule has 35 heavy (non-hydrogen) atoms. The summed E-state index contributed by atoms with van der Waals surface area (Å²) in [6.45, 7) is 9.32. The van der Waals surface area contributed by atoms with Gasteiger partial charge in [0.25, 0.3) is 0 Å². The van der Waals surface area contributed by atoms with Crippen LogP contribution in [-0.4, -0.2) is 31.2 Å². The molecule has 190 valence electrons. The number of aliphatic hydroxyl groups is 1. The predicted molar refractivity (Wildman–Crippen MR) is 144 cm³/mol. The van der Waals surface area contributed by atoms with Gasteiger partial charge in [-0.2, -0.15) is 0 Å². The van der Waals surface area contributed by atoms with Crippen LogP contribution in [0.3, 0.4) is 0 Å². The first-order chi connectivity index (χ1) is 17.1. The number of hydrogen-bond donors (Lipinski definition) is 2. The van der Waals surface area contributed by atoms with E-state index < -0.39 is 0 Å². The maximum Gasteiger partial charge on any atom is 0.140 e. The Bertz CT molecular complexity index is 1020. The SMILES string of the molecule is CCCCC(c1cnc(-c2ccccc2)n1CCCC)N(CCCC)Cc1ccc(O)c(CO)c1. The fourth-order valence-electron chi connectivity index (χ4n) is 4.74. The van der Waals surface area contributed by atoms with E-state index in [0.717, 1.165) is 81.5 Å². The lowest BCUT2D eigenvalue weighted by Crippen LogP contribution is -2.31. The van der Waals surface area contributed by atoms with Crippen molar-refractivity contribution in [2.75, 3.05) is 6.54 Å². The molecule has 2 aromatic carbocycles. The smallest absolute Gasteiger partial charge is 0.140 e. The van der Waals surface area contributed by atoms with Gasteiger partial charge < -0.3 is 14.8 Å².